The zero-order chi connectivity index (χ0) is 27.5. The van der Waals surface area contributed by atoms with E-state index >= 15 is 0 Å². The molecule has 1 fully saturated rings. The van der Waals surface area contributed by atoms with Crippen molar-refractivity contribution in [1.82, 2.24) is 4.90 Å². The van der Waals surface area contributed by atoms with Gasteiger partial charge in [0, 0.05) is 11.1 Å². The largest absolute Gasteiger partial charge is 0.489 e. The molecule has 0 aromatic heterocycles. The Balaban J connectivity index is 1.09. The lowest BCUT2D eigenvalue weighted by Crippen LogP contribution is -2.36. The summed E-state index contributed by atoms with van der Waals surface area (Å²) in [5, 5.41) is 6.55. The summed E-state index contributed by atoms with van der Waals surface area (Å²) in [6, 6.07) is 34.9. The maximum atomic E-state index is 13.0. The van der Waals surface area contributed by atoms with Crippen LogP contribution in [0.2, 0.25) is 0 Å². The number of benzene rings is 5. The highest BCUT2D eigenvalue weighted by Gasteiger charge is 2.36. The number of fused-ring (bicyclic) bond motifs is 2. The third-order valence-corrected chi connectivity index (χ3v) is 7.60. The summed E-state index contributed by atoms with van der Waals surface area (Å²) in [6.45, 7) is 0.0760. The Bertz CT molecular complexity index is 1790. The lowest BCUT2D eigenvalue weighted by Gasteiger charge is -2.13. The first-order valence-corrected chi connectivity index (χ1v) is 13.6. The Morgan fingerprint density at radius 3 is 2.20 bits per heavy atom. The second-order valence-electron chi connectivity index (χ2n) is 9.34. The molecule has 0 saturated carbocycles. The van der Waals surface area contributed by atoms with E-state index in [1.807, 2.05) is 78.9 Å². The second kappa shape index (κ2) is 11.1. The predicted molar refractivity (Wildman–Crippen MR) is 160 cm³/mol. The van der Waals surface area contributed by atoms with Gasteiger partial charge < -0.3 is 10.1 Å². The molecule has 7 heteroatoms. The van der Waals surface area contributed by atoms with Crippen LogP contribution in [0.15, 0.2) is 114 Å². The minimum absolute atomic E-state index is 0.271. The standard InChI is InChI=1S/C33H24N2O4S/c36-31(34-29-14-6-10-24-8-2-4-13-28(24)29)20-35-32(37)30(40-33(35)38)19-22-15-17-26(18-16-22)39-21-25-11-5-9-23-7-1-3-12-27(23)25/h1-19H,20-21H2,(H,34,36)/b30-19+. The van der Waals surface area contributed by atoms with Crippen LogP contribution < -0.4 is 10.1 Å². The second-order valence-corrected chi connectivity index (χ2v) is 10.3. The highest BCUT2D eigenvalue weighted by Crippen LogP contribution is 2.33. The number of rotatable bonds is 7. The molecule has 5 aromatic carbocycles. The smallest absolute Gasteiger partial charge is 0.294 e. The zero-order valence-electron chi connectivity index (χ0n) is 21.4. The molecule has 1 saturated heterocycles. The minimum atomic E-state index is -0.487. The van der Waals surface area contributed by atoms with Crippen molar-refractivity contribution in [1.29, 1.82) is 0 Å². The topological polar surface area (TPSA) is 75.7 Å². The van der Waals surface area contributed by atoms with Gasteiger partial charge in [0.15, 0.2) is 0 Å². The summed E-state index contributed by atoms with van der Waals surface area (Å²) in [7, 11) is 0. The molecular weight excluding hydrogens is 520 g/mol. The summed E-state index contributed by atoms with van der Waals surface area (Å²) in [4.78, 5) is 39.5. The molecule has 1 aliphatic rings. The number of carbonyl (C=O) groups excluding carboxylic acids is 3. The van der Waals surface area contributed by atoms with Gasteiger partial charge in [-0.05, 0) is 63.3 Å². The highest BCUT2D eigenvalue weighted by atomic mass is 32.2. The van der Waals surface area contributed by atoms with Gasteiger partial charge in [0.1, 0.15) is 18.9 Å². The minimum Gasteiger partial charge on any atom is -0.489 e. The Kier molecular flexibility index (Phi) is 7.04. The van der Waals surface area contributed by atoms with Gasteiger partial charge in [0.2, 0.25) is 5.91 Å². The average molecular weight is 545 g/mol. The average Bonchev–Trinajstić information content (AvgIpc) is 3.24. The van der Waals surface area contributed by atoms with Gasteiger partial charge in [-0.2, -0.15) is 0 Å². The molecule has 0 spiro atoms. The van der Waals surface area contributed by atoms with Crippen molar-refractivity contribution >= 4 is 62.1 Å². The van der Waals surface area contributed by atoms with Crippen molar-refractivity contribution in [3.05, 3.63) is 125 Å². The van der Waals surface area contributed by atoms with Crippen LogP contribution in [0, 0.1) is 0 Å². The first kappa shape index (κ1) is 25.4. The molecule has 0 bridgehead atoms. The van der Waals surface area contributed by atoms with Crippen LogP contribution in [0.4, 0.5) is 10.5 Å². The lowest BCUT2D eigenvalue weighted by atomic mass is 10.1. The lowest BCUT2D eigenvalue weighted by molar-refractivity contribution is -0.127. The first-order valence-electron chi connectivity index (χ1n) is 12.8. The number of nitrogens with zero attached hydrogens (tertiary/aromatic N) is 1. The predicted octanol–water partition coefficient (Wildman–Crippen LogP) is 7.25. The molecule has 1 aliphatic heterocycles. The van der Waals surface area contributed by atoms with Crippen LogP contribution in [0.25, 0.3) is 27.6 Å². The highest BCUT2D eigenvalue weighted by molar-refractivity contribution is 8.18. The zero-order valence-corrected chi connectivity index (χ0v) is 22.2. The van der Waals surface area contributed by atoms with Gasteiger partial charge in [-0.25, -0.2) is 0 Å². The number of imide groups is 1. The molecule has 6 nitrogen and oxygen atoms in total. The van der Waals surface area contributed by atoms with E-state index in [4.69, 9.17) is 4.74 Å². The quantitative estimate of drug-likeness (QED) is 0.219. The summed E-state index contributed by atoms with van der Waals surface area (Å²) in [5.74, 6) is -0.227. The van der Waals surface area contributed by atoms with Crippen molar-refractivity contribution in [2.75, 3.05) is 11.9 Å². The molecule has 0 radical (unpaired) electrons. The number of amides is 3. The molecule has 6 rings (SSSR count). The van der Waals surface area contributed by atoms with E-state index in [0.29, 0.717) is 18.0 Å². The normalized spacial score (nSPS) is 14.3. The van der Waals surface area contributed by atoms with E-state index < -0.39 is 17.1 Å². The molecule has 0 atom stereocenters. The molecule has 1 heterocycles. The molecule has 5 aromatic rings. The van der Waals surface area contributed by atoms with Crippen molar-refractivity contribution < 1.29 is 19.1 Å². The number of carbonyl (C=O) groups is 3. The SMILES string of the molecule is O=C(CN1C(=O)S/C(=C/c2ccc(OCc3cccc4ccccc34)cc2)C1=O)Nc1cccc2ccccc12. The Hall–Kier alpha value is -4.88. The molecule has 3 amide bonds. The molecule has 0 aliphatic carbocycles. The maximum absolute atomic E-state index is 13.0. The number of anilines is 1. The van der Waals surface area contributed by atoms with Crippen LogP contribution in [-0.2, 0) is 16.2 Å². The van der Waals surface area contributed by atoms with Crippen molar-refractivity contribution in [3.63, 3.8) is 0 Å². The molecule has 196 valence electrons. The van der Waals surface area contributed by atoms with Gasteiger partial charge >= 0.3 is 0 Å². The van der Waals surface area contributed by atoms with Gasteiger partial charge in [0.05, 0.1) is 4.91 Å². The van der Waals surface area contributed by atoms with Gasteiger partial charge in [-0.15, -0.1) is 0 Å². The molecule has 0 unspecified atom stereocenters. The van der Waals surface area contributed by atoms with Crippen LogP contribution in [-0.4, -0.2) is 28.5 Å². The molecule has 1 N–H and O–H groups in total. The number of hydrogen-bond donors (Lipinski definition) is 1. The third kappa shape index (κ3) is 5.32. The number of nitrogens with one attached hydrogen (secondary N) is 1. The number of hydrogen-bond acceptors (Lipinski definition) is 5. The van der Waals surface area contributed by atoms with Crippen LogP contribution in [0.1, 0.15) is 11.1 Å². The maximum Gasteiger partial charge on any atom is 0.294 e. The fraction of sp³-hybridized carbons (Fsp3) is 0.0606. The third-order valence-electron chi connectivity index (χ3n) is 6.69. The number of ether oxygens (including phenoxy) is 1. The first-order chi connectivity index (χ1) is 19.5. The van der Waals surface area contributed by atoms with E-state index in [1.165, 1.54) is 5.39 Å². The summed E-state index contributed by atoms with van der Waals surface area (Å²) >= 11 is 0.828. The molecule has 40 heavy (non-hydrogen) atoms. The Morgan fingerprint density at radius 1 is 0.775 bits per heavy atom. The van der Waals surface area contributed by atoms with Crippen LogP contribution in [0.5, 0.6) is 5.75 Å². The summed E-state index contributed by atoms with van der Waals surface area (Å²) in [5.41, 5.74) is 2.48. The van der Waals surface area contributed by atoms with E-state index in [9.17, 15) is 14.4 Å². The summed E-state index contributed by atoms with van der Waals surface area (Å²) < 4.78 is 6.00. The van der Waals surface area contributed by atoms with Crippen molar-refractivity contribution in [2.24, 2.45) is 0 Å². The van der Waals surface area contributed by atoms with Crippen LogP contribution >= 0.6 is 11.8 Å². The van der Waals surface area contributed by atoms with E-state index in [1.54, 1.807) is 12.1 Å². The monoisotopic (exact) mass is 544 g/mol. The van der Waals surface area contributed by atoms with Gasteiger partial charge in [0.25, 0.3) is 11.1 Å². The Labute approximate surface area is 235 Å². The molecular formula is C33H24N2O4S. The van der Waals surface area contributed by atoms with E-state index in [2.05, 4.69) is 29.6 Å². The Morgan fingerprint density at radius 2 is 1.43 bits per heavy atom. The van der Waals surface area contributed by atoms with E-state index in [-0.39, 0.29) is 11.4 Å². The van der Waals surface area contributed by atoms with E-state index in [0.717, 1.165) is 43.9 Å². The van der Waals surface area contributed by atoms with Crippen molar-refractivity contribution in [3.8, 4) is 5.75 Å². The van der Waals surface area contributed by atoms with Gasteiger partial charge in [-0.1, -0.05) is 91.0 Å². The van der Waals surface area contributed by atoms with Gasteiger partial charge in [-0.3, -0.25) is 19.3 Å². The van der Waals surface area contributed by atoms with Crippen molar-refractivity contribution in [2.45, 2.75) is 6.61 Å². The fourth-order valence-corrected chi connectivity index (χ4v) is 5.53. The fourth-order valence-electron chi connectivity index (χ4n) is 4.70. The summed E-state index contributed by atoms with van der Waals surface area (Å²) in [6.07, 6.45) is 1.65. The van der Waals surface area contributed by atoms with Crippen LogP contribution in [0.3, 0.4) is 0 Å². The number of thioether (sulfide) groups is 1.